The first-order valence-electron chi connectivity index (χ1n) is 9.18. The molecule has 1 heterocycles. The summed E-state index contributed by atoms with van der Waals surface area (Å²) in [7, 11) is 0. The molecular formula is C22H24N4O2. The fourth-order valence-corrected chi connectivity index (χ4v) is 2.91. The van der Waals surface area contributed by atoms with E-state index in [4.69, 9.17) is 4.74 Å². The molecule has 0 unspecified atom stereocenters. The first-order valence-corrected chi connectivity index (χ1v) is 9.18. The molecule has 6 heteroatoms. The molecule has 0 aliphatic carbocycles. The van der Waals surface area contributed by atoms with Gasteiger partial charge in [-0.05, 0) is 81.3 Å². The van der Waals surface area contributed by atoms with Gasteiger partial charge in [-0.25, -0.2) is 9.97 Å². The van der Waals surface area contributed by atoms with Crippen molar-refractivity contribution in [1.29, 1.82) is 0 Å². The van der Waals surface area contributed by atoms with Crippen molar-refractivity contribution in [3.05, 3.63) is 71.0 Å². The molecule has 28 heavy (non-hydrogen) atoms. The van der Waals surface area contributed by atoms with Crippen molar-refractivity contribution in [3.8, 4) is 5.75 Å². The fraction of sp³-hybridized carbons (Fsp3) is 0.227. The maximum Gasteiger partial charge on any atom is 0.274 e. The Morgan fingerprint density at radius 1 is 0.929 bits per heavy atom. The highest BCUT2D eigenvalue weighted by Gasteiger charge is 2.12. The third-order valence-corrected chi connectivity index (χ3v) is 3.99. The minimum Gasteiger partial charge on any atom is -0.494 e. The molecule has 0 bridgehead atoms. The van der Waals surface area contributed by atoms with Crippen molar-refractivity contribution in [1.82, 2.24) is 9.97 Å². The quantitative estimate of drug-likeness (QED) is 0.646. The number of nitrogens with one attached hydrogen (secondary N) is 2. The van der Waals surface area contributed by atoms with Crippen molar-refractivity contribution in [2.75, 3.05) is 17.2 Å². The van der Waals surface area contributed by atoms with Crippen LogP contribution < -0.4 is 15.4 Å². The molecule has 0 saturated carbocycles. The largest absolute Gasteiger partial charge is 0.494 e. The number of carbonyl (C=O) groups excluding carboxylic acids is 1. The maximum absolute atomic E-state index is 12.6. The average molecular weight is 376 g/mol. The van der Waals surface area contributed by atoms with E-state index in [2.05, 4.69) is 26.7 Å². The topological polar surface area (TPSA) is 76.1 Å². The molecule has 2 N–H and O–H groups in total. The average Bonchev–Trinajstić information content (AvgIpc) is 2.62. The lowest BCUT2D eigenvalue weighted by atomic mass is 10.1. The van der Waals surface area contributed by atoms with Crippen LogP contribution in [0.25, 0.3) is 0 Å². The summed E-state index contributed by atoms with van der Waals surface area (Å²) in [5.74, 6) is 0.860. The van der Waals surface area contributed by atoms with Crippen molar-refractivity contribution in [2.45, 2.75) is 27.7 Å². The molecule has 3 aromatic rings. The van der Waals surface area contributed by atoms with Gasteiger partial charge in [0.1, 0.15) is 11.4 Å². The number of hydrogen-bond donors (Lipinski definition) is 2. The Hall–Kier alpha value is -3.41. The maximum atomic E-state index is 12.6. The van der Waals surface area contributed by atoms with E-state index in [-0.39, 0.29) is 5.91 Å². The van der Waals surface area contributed by atoms with Gasteiger partial charge in [0.05, 0.1) is 6.61 Å². The summed E-state index contributed by atoms with van der Waals surface area (Å²) in [4.78, 5) is 21.4. The molecule has 3 rings (SSSR count). The first-order chi connectivity index (χ1) is 13.4. The lowest BCUT2D eigenvalue weighted by molar-refractivity contribution is 0.102. The van der Waals surface area contributed by atoms with Gasteiger partial charge in [-0.3, -0.25) is 4.79 Å². The molecular weight excluding hydrogens is 352 g/mol. The van der Waals surface area contributed by atoms with Gasteiger partial charge in [0.15, 0.2) is 0 Å². The molecule has 6 nitrogen and oxygen atoms in total. The number of hydrogen-bond acceptors (Lipinski definition) is 5. The highest BCUT2D eigenvalue weighted by Crippen LogP contribution is 2.19. The van der Waals surface area contributed by atoms with Crippen molar-refractivity contribution in [2.24, 2.45) is 0 Å². The monoisotopic (exact) mass is 376 g/mol. The van der Waals surface area contributed by atoms with Gasteiger partial charge in [0.25, 0.3) is 5.91 Å². The lowest BCUT2D eigenvalue weighted by Gasteiger charge is -2.10. The van der Waals surface area contributed by atoms with E-state index in [9.17, 15) is 4.79 Å². The zero-order valence-electron chi connectivity index (χ0n) is 16.5. The van der Waals surface area contributed by atoms with Gasteiger partial charge >= 0.3 is 0 Å². The number of amides is 1. The zero-order valence-corrected chi connectivity index (χ0v) is 16.5. The van der Waals surface area contributed by atoms with Crippen LogP contribution in [0.2, 0.25) is 0 Å². The molecule has 1 aromatic heterocycles. The summed E-state index contributed by atoms with van der Waals surface area (Å²) < 4.78 is 5.41. The smallest absolute Gasteiger partial charge is 0.274 e. The predicted octanol–water partition coefficient (Wildman–Crippen LogP) is 4.80. The van der Waals surface area contributed by atoms with Crippen molar-refractivity contribution < 1.29 is 9.53 Å². The number of carbonyl (C=O) groups is 1. The summed E-state index contributed by atoms with van der Waals surface area (Å²) >= 11 is 0. The van der Waals surface area contributed by atoms with Crippen LogP contribution in [-0.2, 0) is 0 Å². The Bertz CT molecular complexity index is 964. The Morgan fingerprint density at radius 2 is 1.61 bits per heavy atom. The van der Waals surface area contributed by atoms with E-state index >= 15 is 0 Å². The van der Waals surface area contributed by atoms with Gasteiger partial charge in [0, 0.05) is 17.1 Å². The molecule has 1 amide bonds. The summed E-state index contributed by atoms with van der Waals surface area (Å²) in [6.07, 6.45) is 0. The second-order valence-electron chi connectivity index (χ2n) is 6.63. The van der Waals surface area contributed by atoms with E-state index in [0.717, 1.165) is 22.6 Å². The Kier molecular flexibility index (Phi) is 5.89. The highest BCUT2D eigenvalue weighted by atomic mass is 16.5. The Morgan fingerprint density at radius 3 is 2.25 bits per heavy atom. The molecule has 0 spiro atoms. The Labute approximate surface area is 165 Å². The minimum atomic E-state index is -0.293. The van der Waals surface area contributed by atoms with Crippen molar-refractivity contribution >= 4 is 23.2 Å². The number of nitrogens with zero attached hydrogens (tertiary/aromatic N) is 2. The van der Waals surface area contributed by atoms with E-state index in [1.165, 1.54) is 0 Å². The number of aryl methyl sites for hydroxylation is 3. The standard InChI is InChI=1S/C22H24N4O2/c1-5-28-19-8-6-17(7-9-19)24-21(27)20-13-16(4)23-22(26-20)25-18-11-14(2)10-15(3)12-18/h6-13H,5H2,1-4H3,(H,24,27)(H,23,25,26). The van der Waals surface area contributed by atoms with Gasteiger partial charge < -0.3 is 15.4 Å². The summed E-state index contributed by atoms with van der Waals surface area (Å²) in [6.45, 7) is 8.43. The summed E-state index contributed by atoms with van der Waals surface area (Å²) in [6, 6.07) is 15.0. The van der Waals surface area contributed by atoms with E-state index in [1.807, 2.05) is 52.0 Å². The second kappa shape index (κ2) is 8.52. The van der Waals surface area contributed by atoms with Gasteiger partial charge in [-0.15, -0.1) is 0 Å². The first kappa shape index (κ1) is 19.4. The molecule has 0 aliphatic rings. The van der Waals surface area contributed by atoms with Gasteiger partial charge in [0.2, 0.25) is 5.95 Å². The number of anilines is 3. The van der Waals surface area contributed by atoms with Crippen LogP contribution in [0.1, 0.15) is 34.2 Å². The molecule has 2 aromatic carbocycles. The summed E-state index contributed by atoms with van der Waals surface area (Å²) in [5.41, 5.74) is 4.86. The van der Waals surface area contributed by atoms with Crippen LogP contribution >= 0.6 is 0 Å². The van der Waals surface area contributed by atoms with Crippen LogP contribution in [0.15, 0.2) is 48.5 Å². The van der Waals surface area contributed by atoms with E-state index < -0.39 is 0 Å². The van der Waals surface area contributed by atoms with Crippen LogP contribution in [0.5, 0.6) is 5.75 Å². The second-order valence-corrected chi connectivity index (χ2v) is 6.63. The van der Waals surface area contributed by atoms with Crippen LogP contribution in [0.3, 0.4) is 0 Å². The third kappa shape index (κ3) is 5.07. The number of aromatic nitrogens is 2. The van der Waals surface area contributed by atoms with E-state index in [1.54, 1.807) is 18.2 Å². The minimum absolute atomic E-state index is 0.293. The molecule has 0 radical (unpaired) electrons. The third-order valence-electron chi connectivity index (χ3n) is 3.99. The molecule has 0 aliphatic heterocycles. The van der Waals surface area contributed by atoms with Gasteiger partial charge in [-0.2, -0.15) is 0 Å². The summed E-state index contributed by atoms with van der Waals surface area (Å²) in [5, 5.41) is 6.04. The van der Waals surface area contributed by atoms with E-state index in [0.29, 0.717) is 29.6 Å². The Balaban J connectivity index is 1.77. The zero-order chi connectivity index (χ0) is 20.1. The molecule has 0 saturated heterocycles. The fourth-order valence-electron chi connectivity index (χ4n) is 2.91. The normalized spacial score (nSPS) is 10.4. The molecule has 0 atom stereocenters. The predicted molar refractivity (Wildman–Crippen MR) is 112 cm³/mol. The SMILES string of the molecule is CCOc1ccc(NC(=O)c2cc(C)nc(Nc3cc(C)cc(C)c3)n2)cc1. The van der Waals surface area contributed by atoms with Crippen LogP contribution in [0.4, 0.5) is 17.3 Å². The number of benzene rings is 2. The number of rotatable bonds is 6. The van der Waals surface area contributed by atoms with Crippen LogP contribution in [0, 0.1) is 20.8 Å². The van der Waals surface area contributed by atoms with Gasteiger partial charge in [-0.1, -0.05) is 6.07 Å². The number of ether oxygens (including phenoxy) is 1. The van der Waals surface area contributed by atoms with Crippen molar-refractivity contribution in [3.63, 3.8) is 0 Å². The lowest BCUT2D eigenvalue weighted by Crippen LogP contribution is -2.15. The molecule has 144 valence electrons. The highest BCUT2D eigenvalue weighted by molar-refractivity contribution is 6.03. The van der Waals surface area contributed by atoms with Crippen LogP contribution in [-0.4, -0.2) is 22.5 Å². The molecule has 0 fully saturated rings.